The Hall–Kier alpha value is -0.580. The fourth-order valence-electron chi connectivity index (χ4n) is 1.54. The second kappa shape index (κ2) is 4.29. The summed E-state index contributed by atoms with van der Waals surface area (Å²) in [4.78, 5) is 0. The van der Waals surface area contributed by atoms with Crippen LogP contribution < -0.4 is 11.5 Å². The normalized spacial score (nSPS) is 12.9. The van der Waals surface area contributed by atoms with E-state index in [0.29, 0.717) is 6.54 Å². The average Bonchev–Trinajstić information content (AvgIpc) is 2.14. The van der Waals surface area contributed by atoms with Gasteiger partial charge < -0.3 is 16.6 Å². The van der Waals surface area contributed by atoms with Crippen molar-refractivity contribution >= 4 is 15.9 Å². The molecule has 4 heteroatoms. The van der Waals surface area contributed by atoms with Gasteiger partial charge in [-0.05, 0) is 31.0 Å². The summed E-state index contributed by atoms with van der Waals surface area (Å²) in [5.41, 5.74) is 14.0. The van der Waals surface area contributed by atoms with Gasteiger partial charge >= 0.3 is 0 Å². The van der Waals surface area contributed by atoms with Crippen molar-refractivity contribution < 1.29 is 5.11 Å². The van der Waals surface area contributed by atoms with Crippen molar-refractivity contribution in [2.75, 3.05) is 6.54 Å². The topological polar surface area (TPSA) is 72.3 Å². The second-order valence-electron chi connectivity index (χ2n) is 3.41. The fraction of sp³-hybridized carbons (Fsp3) is 0.400. The van der Waals surface area contributed by atoms with Gasteiger partial charge in [-0.15, -0.1) is 0 Å². The van der Waals surface area contributed by atoms with Crippen LogP contribution in [0.3, 0.4) is 0 Å². The molecule has 0 spiro atoms. The zero-order valence-electron chi connectivity index (χ0n) is 8.34. The van der Waals surface area contributed by atoms with Crippen molar-refractivity contribution in [1.29, 1.82) is 0 Å². The van der Waals surface area contributed by atoms with Crippen LogP contribution in [-0.4, -0.2) is 11.7 Å². The first-order chi connectivity index (χ1) is 6.49. The van der Waals surface area contributed by atoms with Crippen LogP contribution in [0.15, 0.2) is 10.5 Å². The van der Waals surface area contributed by atoms with Crippen LogP contribution in [0.5, 0.6) is 5.75 Å². The molecule has 5 N–H and O–H groups in total. The largest absolute Gasteiger partial charge is 0.508 e. The molecule has 1 atom stereocenters. The van der Waals surface area contributed by atoms with Crippen LogP contribution in [0, 0.1) is 13.8 Å². The molecule has 0 radical (unpaired) electrons. The van der Waals surface area contributed by atoms with E-state index in [0.717, 1.165) is 21.2 Å². The predicted molar refractivity (Wildman–Crippen MR) is 61.3 cm³/mol. The molecular formula is C10H15BrN2O. The van der Waals surface area contributed by atoms with Crippen LogP contribution in [0.2, 0.25) is 0 Å². The summed E-state index contributed by atoms with van der Waals surface area (Å²) in [6.45, 7) is 4.17. The molecule has 1 rings (SSSR count). The highest BCUT2D eigenvalue weighted by Crippen LogP contribution is 2.33. The van der Waals surface area contributed by atoms with Crippen molar-refractivity contribution in [3.8, 4) is 5.75 Å². The quantitative estimate of drug-likeness (QED) is 0.757. The van der Waals surface area contributed by atoms with Crippen molar-refractivity contribution in [2.45, 2.75) is 19.9 Å². The van der Waals surface area contributed by atoms with Gasteiger partial charge in [0.15, 0.2) is 0 Å². The minimum Gasteiger partial charge on any atom is -0.508 e. The molecule has 0 unspecified atom stereocenters. The highest BCUT2D eigenvalue weighted by Gasteiger charge is 2.15. The number of hydrogen-bond acceptors (Lipinski definition) is 3. The van der Waals surface area contributed by atoms with Crippen LogP contribution >= 0.6 is 15.9 Å². The van der Waals surface area contributed by atoms with Gasteiger partial charge in [0, 0.05) is 22.6 Å². The number of aromatic hydroxyl groups is 1. The summed E-state index contributed by atoms with van der Waals surface area (Å²) in [5, 5.41) is 9.74. The summed E-state index contributed by atoms with van der Waals surface area (Å²) in [5.74, 6) is 0.223. The van der Waals surface area contributed by atoms with Crippen LogP contribution in [-0.2, 0) is 0 Å². The third-order valence-corrected chi connectivity index (χ3v) is 3.55. The predicted octanol–water partition coefficient (Wildman–Crippen LogP) is 1.73. The number of phenolic OH excluding ortho intramolecular Hbond substituents is 1. The van der Waals surface area contributed by atoms with E-state index in [1.807, 2.05) is 13.8 Å². The summed E-state index contributed by atoms with van der Waals surface area (Å²) in [6.07, 6.45) is 0. The molecule has 0 aliphatic heterocycles. The maximum Gasteiger partial charge on any atom is 0.121 e. The monoisotopic (exact) mass is 258 g/mol. The molecule has 1 aromatic carbocycles. The molecule has 1 aromatic rings. The third kappa shape index (κ3) is 1.92. The van der Waals surface area contributed by atoms with E-state index in [4.69, 9.17) is 11.5 Å². The number of nitrogens with two attached hydrogens (primary N) is 2. The highest BCUT2D eigenvalue weighted by atomic mass is 79.9. The lowest BCUT2D eigenvalue weighted by molar-refractivity contribution is 0.460. The van der Waals surface area contributed by atoms with Gasteiger partial charge in [-0.2, -0.15) is 0 Å². The Labute approximate surface area is 92.2 Å². The standard InChI is InChI=1S/C10H15BrN2O/c1-5-3-8(14)9(7(13)4-12)6(2)10(5)11/h3,7,14H,4,12-13H2,1-2H3/t7-/m1/s1. The summed E-state index contributed by atoms with van der Waals surface area (Å²) in [7, 11) is 0. The number of hydrogen-bond donors (Lipinski definition) is 3. The van der Waals surface area contributed by atoms with E-state index in [9.17, 15) is 5.11 Å². The number of phenols is 1. The lowest BCUT2D eigenvalue weighted by Gasteiger charge is -2.17. The zero-order chi connectivity index (χ0) is 10.9. The van der Waals surface area contributed by atoms with Gasteiger partial charge in [-0.25, -0.2) is 0 Å². The first kappa shape index (κ1) is 11.5. The van der Waals surface area contributed by atoms with E-state index < -0.39 is 0 Å². The summed E-state index contributed by atoms with van der Waals surface area (Å²) >= 11 is 3.45. The van der Waals surface area contributed by atoms with E-state index in [-0.39, 0.29) is 11.8 Å². The molecule has 14 heavy (non-hydrogen) atoms. The smallest absolute Gasteiger partial charge is 0.121 e. The number of benzene rings is 1. The van der Waals surface area contributed by atoms with E-state index in [1.54, 1.807) is 6.07 Å². The van der Waals surface area contributed by atoms with Crippen molar-refractivity contribution in [2.24, 2.45) is 11.5 Å². The van der Waals surface area contributed by atoms with Gasteiger partial charge in [0.25, 0.3) is 0 Å². The molecule has 0 aliphatic rings. The first-order valence-electron chi connectivity index (χ1n) is 4.43. The Balaban J connectivity index is 3.36. The summed E-state index contributed by atoms with van der Waals surface area (Å²) in [6, 6.07) is 1.38. The van der Waals surface area contributed by atoms with Gasteiger partial charge in [0.1, 0.15) is 5.75 Å². The van der Waals surface area contributed by atoms with E-state index >= 15 is 0 Å². The Kier molecular flexibility index (Phi) is 3.53. The van der Waals surface area contributed by atoms with E-state index in [2.05, 4.69) is 15.9 Å². The minimum absolute atomic E-state index is 0.223. The second-order valence-corrected chi connectivity index (χ2v) is 4.20. The molecular weight excluding hydrogens is 244 g/mol. The van der Waals surface area contributed by atoms with Crippen molar-refractivity contribution in [1.82, 2.24) is 0 Å². The maximum atomic E-state index is 9.74. The zero-order valence-corrected chi connectivity index (χ0v) is 9.93. The first-order valence-corrected chi connectivity index (χ1v) is 5.22. The molecule has 3 nitrogen and oxygen atoms in total. The van der Waals surface area contributed by atoms with Crippen molar-refractivity contribution in [3.63, 3.8) is 0 Å². The molecule has 0 fully saturated rings. The summed E-state index contributed by atoms with van der Waals surface area (Å²) < 4.78 is 0.981. The number of halogens is 1. The lowest BCUT2D eigenvalue weighted by Crippen LogP contribution is -2.22. The maximum absolute atomic E-state index is 9.74. The average molecular weight is 259 g/mol. The molecule has 0 bridgehead atoms. The molecule has 0 saturated carbocycles. The lowest BCUT2D eigenvalue weighted by atomic mass is 9.98. The van der Waals surface area contributed by atoms with Crippen LogP contribution in [0.25, 0.3) is 0 Å². The van der Waals surface area contributed by atoms with Gasteiger partial charge in [0.05, 0.1) is 0 Å². The number of rotatable bonds is 2. The number of aryl methyl sites for hydroxylation is 1. The molecule has 0 aliphatic carbocycles. The van der Waals surface area contributed by atoms with Gasteiger partial charge in [0.2, 0.25) is 0 Å². The fourth-order valence-corrected chi connectivity index (χ4v) is 1.87. The molecule has 0 heterocycles. The highest BCUT2D eigenvalue weighted by molar-refractivity contribution is 9.10. The van der Waals surface area contributed by atoms with Gasteiger partial charge in [-0.1, -0.05) is 15.9 Å². The van der Waals surface area contributed by atoms with Gasteiger partial charge in [-0.3, -0.25) is 0 Å². The molecule has 0 saturated heterocycles. The molecule has 0 aromatic heterocycles. The third-order valence-electron chi connectivity index (χ3n) is 2.33. The SMILES string of the molecule is Cc1cc(O)c([C@H](N)CN)c(C)c1Br. The Morgan fingerprint density at radius 3 is 2.57 bits per heavy atom. The van der Waals surface area contributed by atoms with Crippen LogP contribution in [0.4, 0.5) is 0 Å². The Morgan fingerprint density at radius 2 is 2.07 bits per heavy atom. The molecule has 0 amide bonds. The Bertz CT molecular complexity index is 352. The minimum atomic E-state index is -0.313. The van der Waals surface area contributed by atoms with Crippen molar-refractivity contribution in [3.05, 3.63) is 27.2 Å². The van der Waals surface area contributed by atoms with E-state index in [1.165, 1.54) is 0 Å². The molecule has 78 valence electrons. The Morgan fingerprint density at radius 1 is 1.50 bits per heavy atom. The van der Waals surface area contributed by atoms with Crippen LogP contribution in [0.1, 0.15) is 22.7 Å².